The van der Waals surface area contributed by atoms with E-state index in [1.54, 1.807) is 0 Å². The maximum Gasteiger partial charge on any atom is 0.0916 e. The molecule has 1 heterocycles. The summed E-state index contributed by atoms with van der Waals surface area (Å²) in [6.07, 6.45) is 7.78. The maximum absolute atomic E-state index is 11.5. The SMILES string of the molecule is CC1(C)C[C@H]2C3=CCC4[C@@]5(C)CC[C@H](O)[C@](C)(CO)C5CC[C@@]4(C)[C@]3(C)C[C@H]3O[C@@H]1[C@H](O)[C@]32CO. The van der Waals surface area contributed by atoms with Crippen LogP contribution in [-0.4, -0.2) is 58.1 Å². The van der Waals surface area contributed by atoms with Gasteiger partial charge in [-0.15, -0.1) is 0 Å². The third-order valence-electron chi connectivity index (χ3n) is 13.8. The summed E-state index contributed by atoms with van der Waals surface area (Å²) in [7, 11) is 0. The Kier molecular flexibility index (Phi) is 5.07. The standard InChI is InChI=1S/C30H48O5/c1-25(2)13-18-17-7-8-20-26(3)11-10-21(33)27(4,15-31)19(26)9-12-28(20,5)29(17,6)14-22-30(18,16-32)23(34)24(25)35-22/h7,18-24,31-34H,8-16H2,1-6H3/t18-,19?,20?,21-,22+,23-,24+,26-,27+,28+,29+,30-/m0/s1. The minimum absolute atomic E-state index is 0.0177. The van der Waals surface area contributed by atoms with Gasteiger partial charge < -0.3 is 25.2 Å². The first kappa shape index (κ1) is 24.9. The Labute approximate surface area is 211 Å². The van der Waals surface area contributed by atoms with Gasteiger partial charge in [-0.1, -0.05) is 53.2 Å². The van der Waals surface area contributed by atoms with Crippen molar-refractivity contribution in [2.45, 2.75) is 111 Å². The molecule has 12 atom stereocenters. The molecular formula is C30H48O5. The van der Waals surface area contributed by atoms with Crippen LogP contribution < -0.4 is 0 Å². The summed E-state index contributed by atoms with van der Waals surface area (Å²) in [6, 6.07) is 0. The largest absolute Gasteiger partial charge is 0.396 e. The lowest BCUT2D eigenvalue weighted by molar-refractivity contribution is -0.221. The third-order valence-corrected chi connectivity index (χ3v) is 13.8. The van der Waals surface area contributed by atoms with Crippen LogP contribution in [0.25, 0.3) is 0 Å². The average molecular weight is 489 g/mol. The predicted octanol–water partition coefficient (Wildman–Crippen LogP) is 4.07. The van der Waals surface area contributed by atoms with Gasteiger partial charge in [-0.25, -0.2) is 0 Å². The highest BCUT2D eigenvalue weighted by molar-refractivity contribution is 5.37. The van der Waals surface area contributed by atoms with Gasteiger partial charge in [0.2, 0.25) is 0 Å². The monoisotopic (exact) mass is 488 g/mol. The molecule has 0 aromatic rings. The minimum atomic E-state index is -0.624. The fourth-order valence-corrected chi connectivity index (χ4v) is 11.5. The molecule has 198 valence electrons. The predicted molar refractivity (Wildman–Crippen MR) is 134 cm³/mol. The zero-order valence-electron chi connectivity index (χ0n) is 22.7. The molecule has 5 nitrogen and oxygen atoms in total. The normalized spacial score (nSPS) is 60.3. The van der Waals surface area contributed by atoms with Gasteiger partial charge in [0.15, 0.2) is 0 Å². The minimum Gasteiger partial charge on any atom is -0.396 e. The van der Waals surface area contributed by atoms with Crippen molar-refractivity contribution in [2.24, 2.45) is 50.2 Å². The van der Waals surface area contributed by atoms with E-state index < -0.39 is 23.0 Å². The van der Waals surface area contributed by atoms with Crippen LogP contribution in [0.15, 0.2) is 11.6 Å². The molecule has 4 saturated carbocycles. The lowest BCUT2D eigenvalue weighted by atomic mass is 9.33. The van der Waals surface area contributed by atoms with Crippen molar-refractivity contribution >= 4 is 0 Å². The molecule has 1 saturated heterocycles. The molecule has 6 aliphatic rings. The van der Waals surface area contributed by atoms with E-state index >= 15 is 0 Å². The highest BCUT2D eigenvalue weighted by Crippen LogP contribution is 2.77. The van der Waals surface area contributed by atoms with Crippen molar-refractivity contribution in [1.82, 2.24) is 0 Å². The van der Waals surface area contributed by atoms with Crippen LogP contribution in [0, 0.1) is 50.2 Å². The summed E-state index contributed by atoms with van der Waals surface area (Å²) in [5, 5.41) is 43.7. The lowest BCUT2D eigenvalue weighted by Crippen LogP contribution is -2.68. The molecule has 1 aliphatic heterocycles. The highest BCUT2D eigenvalue weighted by Gasteiger charge is 2.75. The zero-order valence-corrected chi connectivity index (χ0v) is 22.7. The molecule has 2 bridgehead atoms. The van der Waals surface area contributed by atoms with Crippen molar-refractivity contribution in [2.75, 3.05) is 13.2 Å². The Morgan fingerprint density at radius 3 is 2.29 bits per heavy atom. The number of hydrogen-bond acceptors (Lipinski definition) is 5. The van der Waals surface area contributed by atoms with E-state index in [2.05, 4.69) is 47.6 Å². The molecule has 5 aliphatic carbocycles. The van der Waals surface area contributed by atoms with E-state index in [1.165, 1.54) is 5.57 Å². The molecular weight excluding hydrogens is 440 g/mol. The average Bonchev–Trinajstić information content (AvgIpc) is 3.05. The quantitative estimate of drug-likeness (QED) is 0.440. The Hall–Kier alpha value is -0.460. The molecule has 4 N–H and O–H groups in total. The molecule has 5 heteroatoms. The van der Waals surface area contributed by atoms with Gasteiger partial charge in [0.1, 0.15) is 0 Å². The van der Waals surface area contributed by atoms with E-state index in [0.717, 1.165) is 44.9 Å². The van der Waals surface area contributed by atoms with Crippen LogP contribution in [0.1, 0.15) is 86.5 Å². The summed E-state index contributed by atoms with van der Waals surface area (Å²) >= 11 is 0. The van der Waals surface area contributed by atoms with Crippen molar-refractivity contribution < 1.29 is 25.2 Å². The van der Waals surface area contributed by atoms with E-state index in [4.69, 9.17) is 4.74 Å². The van der Waals surface area contributed by atoms with Gasteiger partial charge in [-0.3, -0.25) is 0 Å². The summed E-state index contributed by atoms with van der Waals surface area (Å²) in [5.41, 5.74) is 0.390. The van der Waals surface area contributed by atoms with E-state index in [9.17, 15) is 20.4 Å². The number of allylic oxidation sites excluding steroid dienone is 2. The van der Waals surface area contributed by atoms with E-state index in [1.807, 2.05) is 0 Å². The van der Waals surface area contributed by atoms with Crippen molar-refractivity contribution in [3.05, 3.63) is 11.6 Å². The number of aliphatic hydroxyl groups excluding tert-OH is 4. The Balaban J connectivity index is 1.47. The van der Waals surface area contributed by atoms with Crippen LogP contribution in [0.3, 0.4) is 0 Å². The molecule has 6 rings (SSSR count). The molecule has 5 fully saturated rings. The van der Waals surface area contributed by atoms with E-state index in [-0.39, 0.29) is 53.0 Å². The van der Waals surface area contributed by atoms with Crippen molar-refractivity contribution in [1.29, 1.82) is 0 Å². The molecule has 0 aromatic heterocycles. The third kappa shape index (κ3) is 2.59. The zero-order chi connectivity index (χ0) is 25.4. The second-order valence-electron chi connectivity index (χ2n) is 15.2. The van der Waals surface area contributed by atoms with Gasteiger partial charge in [0.05, 0.1) is 43.0 Å². The first-order valence-electron chi connectivity index (χ1n) is 14.2. The van der Waals surface area contributed by atoms with Crippen LogP contribution >= 0.6 is 0 Å². The van der Waals surface area contributed by atoms with Crippen LogP contribution in [0.2, 0.25) is 0 Å². The molecule has 2 unspecified atom stereocenters. The van der Waals surface area contributed by atoms with Crippen molar-refractivity contribution in [3.8, 4) is 0 Å². The van der Waals surface area contributed by atoms with Gasteiger partial charge in [0, 0.05) is 5.41 Å². The second-order valence-corrected chi connectivity index (χ2v) is 15.2. The number of ether oxygens (including phenoxy) is 1. The lowest BCUT2D eigenvalue weighted by Gasteiger charge is -2.71. The highest BCUT2D eigenvalue weighted by atomic mass is 16.5. The van der Waals surface area contributed by atoms with E-state index in [0.29, 0.717) is 11.8 Å². The molecule has 35 heavy (non-hydrogen) atoms. The second kappa shape index (κ2) is 7.14. The van der Waals surface area contributed by atoms with Gasteiger partial charge in [0.25, 0.3) is 0 Å². The number of hydrogen-bond donors (Lipinski definition) is 4. The van der Waals surface area contributed by atoms with Crippen LogP contribution in [-0.2, 0) is 4.74 Å². The van der Waals surface area contributed by atoms with Gasteiger partial charge in [-0.05, 0) is 84.4 Å². The Bertz CT molecular complexity index is 945. The fraction of sp³-hybridized carbons (Fsp3) is 0.933. The molecule has 0 amide bonds. The van der Waals surface area contributed by atoms with Crippen molar-refractivity contribution in [3.63, 3.8) is 0 Å². The Morgan fingerprint density at radius 2 is 1.63 bits per heavy atom. The summed E-state index contributed by atoms with van der Waals surface area (Å²) < 4.78 is 6.71. The van der Waals surface area contributed by atoms with Gasteiger partial charge in [-0.2, -0.15) is 0 Å². The van der Waals surface area contributed by atoms with Gasteiger partial charge >= 0.3 is 0 Å². The fourth-order valence-electron chi connectivity index (χ4n) is 11.5. The first-order valence-corrected chi connectivity index (χ1v) is 14.2. The summed E-state index contributed by atoms with van der Waals surface area (Å²) in [4.78, 5) is 0. The topological polar surface area (TPSA) is 90.2 Å². The number of fused-ring (bicyclic) bond motifs is 7. The molecule has 0 radical (unpaired) electrons. The summed E-state index contributed by atoms with van der Waals surface area (Å²) in [6.45, 7) is 14.0. The van der Waals surface area contributed by atoms with Crippen LogP contribution in [0.4, 0.5) is 0 Å². The molecule has 0 spiro atoms. The summed E-state index contributed by atoms with van der Waals surface area (Å²) in [5.74, 6) is 0.915. The first-order chi connectivity index (χ1) is 16.3. The van der Waals surface area contributed by atoms with Crippen LogP contribution in [0.5, 0.6) is 0 Å². The smallest absolute Gasteiger partial charge is 0.0916 e. The number of rotatable bonds is 2. The number of aliphatic hydroxyl groups is 4. The molecule has 0 aromatic carbocycles. The Morgan fingerprint density at radius 1 is 0.914 bits per heavy atom. The maximum atomic E-state index is 11.5.